The summed E-state index contributed by atoms with van der Waals surface area (Å²) in [6, 6.07) is 9.29. The van der Waals surface area contributed by atoms with Gasteiger partial charge in [-0.05, 0) is 38.1 Å². The van der Waals surface area contributed by atoms with Gasteiger partial charge in [0.2, 0.25) is 0 Å². The second-order valence-corrected chi connectivity index (χ2v) is 6.65. The number of hydrogen-bond acceptors (Lipinski definition) is 5. The van der Waals surface area contributed by atoms with Gasteiger partial charge in [-0.3, -0.25) is 9.20 Å². The molecular formula is C19H15ClFN5O2. The summed E-state index contributed by atoms with van der Waals surface area (Å²) in [6.45, 7) is 3.36. The molecule has 0 spiro atoms. The molecule has 1 atom stereocenters. The van der Waals surface area contributed by atoms with Crippen molar-refractivity contribution in [2.24, 2.45) is 0 Å². The van der Waals surface area contributed by atoms with Crippen molar-refractivity contribution in [1.82, 2.24) is 25.1 Å². The Kier molecular flexibility index (Phi) is 4.56. The number of carbonyl (C=O) groups is 1. The summed E-state index contributed by atoms with van der Waals surface area (Å²) in [5, 5.41) is 15.1. The van der Waals surface area contributed by atoms with Gasteiger partial charge < -0.3 is 9.84 Å². The number of fused-ring (bicyclic) bond motifs is 1. The lowest BCUT2D eigenvalue weighted by molar-refractivity contribution is 0.0937. The van der Waals surface area contributed by atoms with Crippen LogP contribution in [-0.2, 0) is 0 Å². The molecule has 7 nitrogen and oxygen atoms in total. The summed E-state index contributed by atoms with van der Waals surface area (Å²) >= 11 is 6.13. The SMILES string of the molecule is Cc1onc(-c2c(F)cccc2Cl)c1C(=O)NC(C)c1nnc2ccccn12. The number of nitrogens with zero attached hydrogens (tertiary/aromatic N) is 4. The molecule has 0 aliphatic rings. The minimum atomic E-state index is -0.591. The molecule has 0 aliphatic carbocycles. The molecule has 1 amide bonds. The zero-order valence-electron chi connectivity index (χ0n) is 15.0. The Hall–Kier alpha value is -3.26. The first-order chi connectivity index (χ1) is 13.5. The van der Waals surface area contributed by atoms with E-state index < -0.39 is 17.8 Å². The molecule has 4 aromatic rings. The molecule has 0 radical (unpaired) electrons. The number of halogens is 2. The van der Waals surface area contributed by atoms with Crippen molar-refractivity contribution in [3.8, 4) is 11.3 Å². The summed E-state index contributed by atoms with van der Waals surface area (Å²) < 4.78 is 21.3. The Morgan fingerprint density at radius 2 is 2.07 bits per heavy atom. The molecule has 0 fully saturated rings. The van der Waals surface area contributed by atoms with Gasteiger partial charge in [-0.1, -0.05) is 28.9 Å². The van der Waals surface area contributed by atoms with E-state index in [4.69, 9.17) is 16.1 Å². The molecule has 1 aromatic carbocycles. The fourth-order valence-electron chi connectivity index (χ4n) is 3.02. The zero-order valence-corrected chi connectivity index (χ0v) is 15.7. The lowest BCUT2D eigenvalue weighted by atomic mass is 10.0. The highest BCUT2D eigenvalue weighted by Gasteiger charge is 2.27. The first kappa shape index (κ1) is 18.1. The van der Waals surface area contributed by atoms with Gasteiger partial charge in [0.1, 0.15) is 22.8 Å². The van der Waals surface area contributed by atoms with E-state index in [2.05, 4.69) is 20.7 Å². The average molecular weight is 400 g/mol. The highest BCUT2D eigenvalue weighted by Crippen LogP contribution is 2.33. The summed E-state index contributed by atoms with van der Waals surface area (Å²) in [5.41, 5.74) is 0.856. The molecule has 4 rings (SSSR count). The van der Waals surface area contributed by atoms with Crippen LogP contribution in [0.1, 0.15) is 34.9 Å². The fraction of sp³-hybridized carbons (Fsp3) is 0.158. The third-order valence-corrected chi connectivity index (χ3v) is 4.68. The second-order valence-electron chi connectivity index (χ2n) is 6.24. The third-order valence-electron chi connectivity index (χ3n) is 4.36. The maximum absolute atomic E-state index is 14.3. The lowest BCUT2D eigenvalue weighted by Gasteiger charge is -2.13. The number of hydrogen-bond donors (Lipinski definition) is 1. The standard InChI is InChI=1S/C19H15ClFN5O2/c1-10(18-24-23-14-8-3-4-9-26(14)18)22-19(27)15-11(2)28-25-17(15)16-12(20)6-5-7-13(16)21/h3-10H,1-2H3,(H,22,27). The summed E-state index contributed by atoms with van der Waals surface area (Å²) in [7, 11) is 0. The van der Waals surface area contributed by atoms with Crippen molar-refractivity contribution < 1.29 is 13.7 Å². The average Bonchev–Trinajstić information content (AvgIpc) is 3.25. The van der Waals surface area contributed by atoms with E-state index in [1.54, 1.807) is 18.2 Å². The lowest BCUT2D eigenvalue weighted by Crippen LogP contribution is -2.28. The number of benzene rings is 1. The minimum Gasteiger partial charge on any atom is -0.360 e. The molecule has 0 saturated carbocycles. The molecule has 3 aromatic heterocycles. The number of rotatable bonds is 4. The van der Waals surface area contributed by atoms with E-state index in [1.165, 1.54) is 18.2 Å². The molecule has 9 heteroatoms. The topological polar surface area (TPSA) is 85.3 Å². The van der Waals surface area contributed by atoms with Crippen LogP contribution in [0.15, 0.2) is 47.1 Å². The van der Waals surface area contributed by atoms with Crippen LogP contribution < -0.4 is 5.32 Å². The monoisotopic (exact) mass is 399 g/mol. The molecule has 142 valence electrons. The van der Waals surface area contributed by atoms with Gasteiger partial charge in [0.25, 0.3) is 5.91 Å². The molecule has 28 heavy (non-hydrogen) atoms. The molecule has 0 bridgehead atoms. The molecule has 0 aliphatic heterocycles. The number of aromatic nitrogens is 4. The predicted octanol–water partition coefficient (Wildman–Crippen LogP) is 3.98. The maximum atomic E-state index is 14.3. The Morgan fingerprint density at radius 1 is 1.25 bits per heavy atom. The van der Waals surface area contributed by atoms with E-state index in [0.717, 1.165) is 0 Å². The number of aryl methyl sites for hydroxylation is 1. The van der Waals surface area contributed by atoms with Gasteiger partial charge in [0, 0.05) is 6.20 Å². The normalized spacial score (nSPS) is 12.3. The van der Waals surface area contributed by atoms with Gasteiger partial charge in [-0.25, -0.2) is 4.39 Å². The van der Waals surface area contributed by atoms with E-state index in [9.17, 15) is 9.18 Å². The summed E-state index contributed by atoms with van der Waals surface area (Å²) in [5.74, 6) is -0.256. The van der Waals surface area contributed by atoms with Crippen LogP contribution in [0.25, 0.3) is 16.9 Å². The summed E-state index contributed by atoms with van der Waals surface area (Å²) in [6.07, 6.45) is 1.81. The number of amides is 1. The van der Waals surface area contributed by atoms with Crippen LogP contribution in [-0.4, -0.2) is 25.7 Å². The first-order valence-electron chi connectivity index (χ1n) is 8.48. The van der Waals surface area contributed by atoms with Gasteiger partial charge in [-0.15, -0.1) is 10.2 Å². The molecule has 3 heterocycles. The van der Waals surface area contributed by atoms with Crippen LogP contribution >= 0.6 is 11.6 Å². The fourth-order valence-corrected chi connectivity index (χ4v) is 3.28. The Bertz CT molecular complexity index is 1170. The highest BCUT2D eigenvalue weighted by atomic mass is 35.5. The third kappa shape index (κ3) is 3.01. The Morgan fingerprint density at radius 3 is 2.86 bits per heavy atom. The largest absolute Gasteiger partial charge is 0.360 e. The van der Waals surface area contributed by atoms with E-state index >= 15 is 0 Å². The number of pyridine rings is 1. The van der Waals surface area contributed by atoms with Crippen LogP contribution in [0.4, 0.5) is 4.39 Å². The van der Waals surface area contributed by atoms with Crippen LogP contribution in [0, 0.1) is 12.7 Å². The summed E-state index contributed by atoms with van der Waals surface area (Å²) in [4.78, 5) is 13.0. The maximum Gasteiger partial charge on any atom is 0.257 e. The van der Waals surface area contributed by atoms with Crippen molar-refractivity contribution in [2.75, 3.05) is 0 Å². The van der Waals surface area contributed by atoms with E-state index in [0.29, 0.717) is 11.5 Å². The van der Waals surface area contributed by atoms with Crippen molar-refractivity contribution >= 4 is 23.2 Å². The zero-order chi connectivity index (χ0) is 19.8. The Balaban J connectivity index is 1.69. The van der Waals surface area contributed by atoms with E-state index in [-0.39, 0.29) is 27.6 Å². The predicted molar refractivity (Wildman–Crippen MR) is 101 cm³/mol. The van der Waals surface area contributed by atoms with Crippen LogP contribution in [0.5, 0.6) is 0 Å². The van der Waals surface area contributed by atoms with Crippen LogP contribution in [0.2, 0.25) is 5.02 Å². The molecule has 1 unspecified atom stereocenters. The van der Waals surface area contributed by atoms with Gasteiger partial charge in [-0.2, -0.15) is 0 Å². The molecule has 0 saturated heterocycles. The molecular weight excluding hydrogens is 385 g/mol. The Labute approximate surface area is 164 Å². The van der Waals surface area contributed by atoms with E-state index in [1.807, 2.05) is 24.4 Å². The van der Waals surface area contributed by atoms with Gasteiger partial charge in [0.15, 0.2) is 11.5 Å². The number of carbonyl (C=O) groups excluding carboxylic acids is 1. The minimum absolute atomic E-state index is 0.0201. The van der Waals surface area contributed by atoms with Gasteiger partial charge in [0.05, 0.1) is 16.6 Å². The van der Waals surface area contributed by atoms with Crippen molar-refractivity contribution in [3.63, 3.8) is 0 Å². The van der Waals surface area contributed by atoms with Crippen molar-refractivity contribution in [1.29, 1.82) is 0 Å². The van der Waals surface area contributed by atoms with Gasteiger partial charge >= 0.3 is 0 Å². The second kappa shape index (κ2) is 7.05. The smallest absolute Gasteiger partial charge is 0.257 e. The van der Waals surface area contributed by atoms with Crippen LogP contribution in [0.3, 0.4) is 0 Å². The van der Waals surface area contributed by atoms with Crippen molar-refractivity contribution in [3.05, 3.63) is 70.6 Å². The molecule has 1 N–H and O–H groups in total. The highest BCUT2D eigenvalue weighted by molar-refractivity contribution is 6.33. The van der Waals surface area contributed by atoms with Crippen molar-refractivity contribution in [2.45, 2.75) is 19.9 Å². The quantitative estimate of drug-likeness (QED) is 0.561. The number of nitrogens with one attached hydrogen (secondary N) is 1. The first-order valence-corrected chi connectivity index (χ1v) is 8.86.